The van der Waals surface area contributed by atoms with Gasteiger partial charge in [-0.25, -0.2) is 15.0 Å². The van der Waals surface area contributed by atoms with Crippen LogP contribution in [0.3, 0.4) is 0 Å². The van der Waals surface area contributed by atoms with Gasteiger partial charge in [-0.15, -0.1) is 0 Å². The number of aromatic nitrogens is 3. The van der Waals surface area contributed by atoms with E-state index in [0.717, 1.165) is 25.8 Å². The van der Waals surface area contributed by atoms with E-state index in [-0.39, 0.29) is 6.01 Å². The minimum absolute atomic E-state index is 0.283. The van der Waals surface area contributed by atoms with Crippen LogP contribution in [0.1, 0.15) is 0 Å². The maximum Gasteiger partial charge on any atom is 0.336 e. The summed E-state index contributed by atoms with van der Waals surface area (Å²) in [6.07, 6.45) is 4.93. The molecule has 148 valence electrons. The van der Waals surface area contributed by atoms with Crippen LogP contribution in [0.25, 0.3) is 10.8 Å². The van der Waals surface area contributed by atoms with Crippen LogP contribution in [0.4, 0.5) is 17.2 Å². The number of nitrogens with one attached hydrogen (secondary N) is 1. The summed E-state index contributed by atoms with van der Waals surface area (Å²) >= 11 is 4.69. The lowest BCUT2D eigenvalue weighted by Gasteiger charge is -2.04. The molecule has 7 N–H and O–H groups in total. The normalized spacial score (nSPS) is 10.2. The third kappa shape index (κ3) is 5.95. The average molecular weight is 472 g/mol. The third-order valence-corrected chi connectivity index (χ3v) is 4.81. The highest BCUT2D eigenvalue weighted by molar-refractivity contribution is 9.10. The predicted octanol–water partition coefficient (Wildman–Crippen LogP) is 3.81. The molecule has 0 spiro atoms. The molecule has 0 aliphatic rings. The number of anilines is 3. The Labute approximate surface area is 180 Å². The molecule has 8 nitrogen and oxygen atoms in total. The molecule has 2 heterocycles. The molecule has 0 unspecified atom stereocenters. The first-order chi connectivity index (χ1) is 14.0. The Bertz CT molecular complexity index is 1080. The van der Waals surface area contributed by atoms with Crippen molar-refractivity contribution in [2.45, 2.75) is 4.90 Å². The number of hydrogen-bond donors (Lipinski definition) is 4. The van der Waals surface area contributed by atoms with E-state index in [2.05, 4.69) is 35.8 Å². The lowest BCUT2D eigenvalue weighted by molar-refractivity contribution is 0.260. The minimum Gasteiger partial charge on any atom is -0.399 e. The molecule has 0 saturated heterocycles. The molecular weight excluding hydrogens is 454 g/mol. The van der Waals surface area contributed by atoms with Crippen molar-refractivity contribution >= 4 is 55.8 Å². The topological polar surface area (TPSA) is 138 Å². The van der Waals surface area contributed by atoms with Gasteiger partial charge in [0.15, 0.2) is 0 Å². The van der Waals surface area contributed by atoms with Crippen molar-refractivity contribution in [3.8, 4) is 6.01 Å². The summed E-state index contributed by atoms with van der Waals surface area (Å²) < 4.78 is 0.984. The number of nitrogen functional groups attached to an aromatic ring is 3. The zero-order chi connectivity index (χ0) is 20.6. The molecule has 29 heavy (non-hydrogen) atoms. The third-order valence-electron chi connectivity index (χ3n) is 3.64. The fourth-order valence-corrected chi connectivity index (χ4v) is 3.05. The molecule has 0 aliphatic carbocycles. The lowest BCUT2D eigenvalue weighted by Crippen LogP contribution is -2.10. The van der Waals surface area contributed by atoms with E-state index in [0.29, 0.717) is 11.5 Å². The smallest absolute Gasteiger partial charge is 0.336 e. The number of pyridine rings is 1. The quantitative estimate of drug-likeness (QED) is 0.198. The van der Waals surface area contributed by atoms with Crippen molar-refractivity contribution in [1.82, 2.24) is 19.8 Å². The average Bonchev–Trinajstić information content (AvgIpc) is 2.74. The number of halogens is 1. The molecule has 0 fully saturated rings. The molecule has 2 aromatic heterocycles. The summed E-state index contributed by atoms with van der Waals surface area (Å²) in [7, 11) is 0. The van der Waals surface area contributed by atoms with Crippen LogP contribution in [-0.4, -0.2) is 15.0 Å². The fourth-order valence-electron chi connectivity index (χ4n) is 2.20. The highest BCUT2D eigenvalue weighted by Crippen LogP contribution is 2.27. The van der Waals surface area contributed by atoms with Crippen molar-refractivity contribution in [3.05, 3.63) is 71.6 Å². The van der Waals surface area contributed by atoms with E-state index in [1.54, 1.807) is 24.7 Å². The standard InChI is InChI=1S/C10H10N4OS.C9H8BrN3/c11-8-2-4-9(5-3-8)16-14-15-10-12-6-1-7-13-10;10-6-2-1-5-4-13-9(12)8(11)7(5)3-6/h1-7,14H,11H2;1-4H,11H2,(H2,12,13). The molecule has 0 amide bonds. The first-order valence-electron chi connectivity index (χ1n) is 8.33. The number of rotatable bonds is 4. The van der Waals surface area contributed by atoms with Gasteiger partial charge in [0.25, 0.3) is 0 Å². The Morgan fingerprint density at radius 2 is 1.66 bits per heavy atom. The molecule has 2 aromatic carbocycles. The number of fused-ring (bicyclic) bond motifs is 1. The maximum absolute atomic E-state index is 5.78. The maximum atomic E-state index is 5.78. The van der Waals surface area contributed by atoms with Crippen molar-refractivity contribution < 1.29 is 4.84 Å². The van der Waals surface area contributed by atoms with E-state index in [1.165, 1.54) is 11.9 Å². The van der Waals surface area contributed by atoms with Gasteiger partial charge in [-0.2, -0.15) is 0 Å². The molecule has 0 aliphatic heterocycles. The van der Waals surface area contributed by atoms with Gasteiger partial charge in [0, 0.05) is 44.4 Å². The minimum atomic E-state index is 0.283. The van der Waals surface area contributed by atoms with Crippen molar-refractivity contribution in [3.63, 3.8) is 0 Å². The van der Waals surface area contributed by atoms with Crippen molar-refractivity contribution in [2.75, 3.05) is 17.2 Å². The van der Waals surface area contributed by atoms with Gasteiger partial charge in [-0.3, -0.25) is 0 Å². The van der Waals surface area contributed by atoms with Gasteiger partial charge in [0.05, 0.1) is 5.69 Å². The van der Waals surface area contributed by atoms with Gasteiger partial charge in [0.1, 0.15) is 5.82 Å². The van der Waals surface area contributed by atoms with Gasteiger partial charge in [-0.1, -0.05) is 26.9 Å². The van der Waals surface area contributed by atoms with Crippen LogP contribution in [0.2, 0.25) is 0 Å². The molecule has 0 bridgehead atoms. The SMILES string of the molecule is Nc1ccc(SNOc2ncccn2)cc1.Nc1ncc2ccc(Br)cc2c1N. The molecule has 10 heteroatoms. The van der Waals surface area contributed by atoms with E-state index in [1.807, 2.05) is 42.5 Å². The van der Waals surface area contributed by atoms with E-state index >= 15 is 0 Å². The summed E-state index contributed by atoms with van der Waals surface area (Å²) in [6, 6.07) is 15.3. The van der Waals surface area contributed by atoms with Gasteiger partial charge in [0.2, 0.25) is 0 Å². The van der Waals surface area contributed by atoms with Crippen LogP contribution in [0.15, 0.2) is 76.5 Å². The van der Waals surface area contributed by atoms with Crippen LogP contribution in [0.5, 0.6) is 6.01 Å². The monoisotopic (exact) mass is 471 g/mol. The Hall–Kier alpha value is -3.08. The number of benzene rings is 2. The molecular formula is C19H18BrN7OS. The Morgan fingerprint density at radius 1 is 0.931 bits per heavy atom. The zero-order valence-electron chi connectivity index (χ0n) is 15.1. The molecule has 0 saturated carbocycles. The van der Waals surface area contributed by atoms with Gasteiger partial charge >= 0.3 is 6.01 Å². The molecule has 0 atom stereocenters. The van der Waals surface area contributed by atoms with E-state index in [4.69, 9.17) is 22.0 Å². The second-order valence-corrected chi connectivity index (χ2v) is 7.43. The Morgan fingerprint density at radius 3 is 2.38 bits per heavy atom. The van der Waals surface area contributed by atoms with Crippen LogP contribution >= 0.6 is 27.9 Å². The summed E-state index contributed by atoms with van der Waals surface area (Å²) in [6.45, 7) is 0. The second-order valence-electron chi connectivity index (χ2n) is 5.68. The summed E-state index contributed by atoms with van der Waals surface area (Å²) in [4.78, 5) is 20.5. The van der Waals surface area contributed by atoms with E-state index in [9.17, 15) is 0 Å². The van der Waals surface area contributed by atoms with Gasteiger partial charge in [-0.05, 0) is 54.4 Å². The molecule has 4 rings (SSSR count). The largest absolute Gasteiger partial charge is 0.399 e. The first-order valence-corrected chi connectivity index (χ1v) is 9.94. The Kier molecular flexibility index (Phi) is 7.06. The zero-order valence-corrected chi connectivity index (χ0v) is 17.5. The highest BCUT2D eigenvalue weighted by atomic mass is 79.9. The summed E-state index contributed by atoms with van der Waals surface area (Å²) in [5.41, 5.74) is 18.2. The van der Waals surface area contributed by atoms with Crippen LogP contribution in [-0.2, 0) is 0 Å². The highest BCUT2D eigenvalue weighted by Gasteiger charge is 2.02. The fraction of sp³-hybridized carbons (Fsp3) is 0. The number of nitrogens with zero attached hydrogens (tertiary/aromatic N) is 3. The van der Waals surface area contributed by atoms with E-state index < -0.39 is 0 Å². The van der Waals surface area contributed by atoms with Crippen LogP contribution in [0, 0.1) is 0 Å². The first kappa shape index (κ1) is 20.6. The number of nitrogens with two attached hydrogens (primary N) is 3. The predicted molar refractivity (Wildman–Crippen MR) is 121 cm³/mol. The Balaban J connectivity index is 0.000000169. The summed E-state index contributed by atoms with van der Waals surface area (Å²) in [5, 5.41) is 1.93. The molecule has 0 radical (unpaired) electrons. The molecule has 4 aromatic rings. The van der Waals surface area contributed by atoms with Crippen molar-refractivity contribution in [2.24, 2.45) is 0 Å². The second kappa shape index (κ2) is 9.92. The van der Waals surface area contributed by atoms with Gasteiger partial charge < -0.3 is 22.0 Å². The lowest BCUT2D eigenvalue weighted by atomic mass is 10.1. The van der Waals surface area contributed by atoms with Crippen LogP contribution < -0.4 is 26.9 Å². The summed E-state index contributed by atoms with van der Waals surface area (Å²) in [5.74, 6) is 0.380. The van der Waals surface area contributed by atoms with Crippen molar-refractivity contribution in [1.29, 1.82) is 0 Å². The number of hydrogen-bond acceptors (Lipinski definition) is 9.